The number of esters is 3. The molecule has 96 heavy (non-hydrogen) atoms. The Morgan fingerprint density at radius 2 is 0.667 bits per heavy atom. The number of carbonyl (C=O) groups excluding carboxylic acids is 4. The van der Waals surface area contributed by atoms with Gasteiger partial charge in [0.05, 0.1) is 13.2 Å². The first-order valence-corrected chi connectivity index (χ1v) is 22.7. The van der Waals surface area contributed by atoms with Crippen molar-refractivity contribution in [3.05, 3.63) is 83.8 Å². The summed E-state index contributed by atoms with van der Waals surface area (Å²) >= 11 is 0. The summed E-state index contributed by atoms with van der Waals surface area (Å²) in [5.41, 5.74) is 2.36. The van der Waals surface area contributed by atoms with Gasteiger partial charge in [-0.25, -0.2) is 40.7 Å². The van der Waals surface area contributed by atoms with Crippen molar-refractivity contribution in [1.82, 2.24) is 0 Å². The van der Waals surface area contributed by atoms with Crippen molar-refractivity contribution in [2.45, 2.75) is 164 Å². The maximum absolute atomic E-state index is 12.5. The average Bonchev–Trinajstić information content (AvgIpc) is 0.733. The Labute approximate surface area is 505 Å². The molecule has 7 nitrogen and oxygen atoms in total. The highest BCUT2D eigenvalue weighted by atomic mass is 19.5. The summed E-state index contributed by atoms with van der Waals surface area (Å²) in [6.45, 7) is 11.8. The van der Waals surface area contributed by atoms with Gasteiger partial charge in [0.1, 0.15) is 25.3 Å². The molecule has 0 atom stereocenters. The Kier molecular flexibility index (Phi) is 42.3. The number of carbonyl (C=O) groups is 4. The maximum atomic E-state index is 12.5. The fraction of sp³-hybridized carbons (Fsp3) is 0.600. The molecule has 0 unspecified atom stereocenters. The van der Waals surface area contributed by atoms with Gasteiger partial charge in [0, 0.05) is 0 Å². The predicted octanol–water partition coefficient (Wildman–Crippen LogP) is 21.4. The lowest BCUT2D eigenvalue weighted by Gasteiger charge is -2.36. The number of ether oxygens (including phenoxy) is 3. The lowest BCUT2D eigenvalue weighted by Crippen LogP contribution is -2.66. The molecule has 0 aromatic heterocycles. The molecule has 0 bridgehead atoms. The van der Waals surface area contributed by atoms with Crippen molar-refractivity contribution in [3.8, 4) is 0 Å². The van der Waals surface area contributed by atoms with E-state index in [1.54, 1.807) is 6.92 Å². The zero-order valence-electron chi connectivity index (χ0n) is 47.0. The number of hydrogen-bond acceptors (Lipinski definition) is 7. The topological polar surface area (TPSA) is 96.0 Å². The van der Waals surface area contributed by atoms with E-state index >= 15 is 0 Å². The summed E-state index contributed by atoms with van der Waals surface area (Å²) in [5.74, 6) is -73.0. The molecule has 0 aromatic rings. The summed E-state index contributed by atoms with van der Waals surface area (Å²) in [6, 6.07) is 0. The minimum atomic E-state index is -7.75. The Hall–Kier alpha value is -6.82. The van der Waals surface area contributed by atoms with Crippen LogP contribution in [0.25, 0.3) is 0 Å². The van der Waals surface area contributed by atoms with Crippen molar-refractivity contribution in [1.29, 1.82) is 0 Å². The number of rotatable bonds is 17. The van der Waals surface area contributed by atoms with Gasteiger partial charge in [-0.3, -0.25) is 4.79 Å². The molecule has 0 amide bonds. The number of methoxy groups -OCH3 is 1. The fourth-order valence-corrected chi connectivity index (χ4v) is 3.75. The Morgan fingerprint density at radius 1 is 0.385 bits per heavy atom. The van der Waals surface area contributed by atoms with Gasteiger partial charge >= 0.3 is 103 Å². The molecule has 0 aliphatic rings. The summed E-state index contributed by atoms with van der Waals surface area (Å²) in [4.78, 5) is 40.5. The normalized spacial score (nSPS) is 14.5. The van der Waals surface area contributed by atoms with Gasteiger partial charge in [0.25, 0.3) is 12.2 Å². The molecule has 0 saturated carbocycles. The quantitative estimate of drug-likeness (QED) is 0.0357. The highest BCUT2D eigenvalue weighted by Gasteiger charge is 2.88. The van der Waals surface area contributed by atoms with Crippen LogP contribution in [0, 0.1) is 0 Å². The molecule has 0 radical (unpaired) electrons. The molecule has 0 aliphatic heterocycles. The van der Waals surface area contributed by atoms with Crippen LogP contribution >= 0.6 is 0 Å². The van der Waals surface area contributed by atoms with Gasteiger partial charge in [-0.05, 0) is 53.0 Å². The Bertz CT molecular complexity index is 2530. The first kappa shape index (κ1) is 103. The van der Waals surface area contributed by atoms with E-state index in [2.05, 4.69) is 41.1 Å². The van der Waals surface area contributed by atoms with E-state index in [-0.39, 0.29) is 5.78 Å². The molecule has 0 heterocycles. The third-order valence-electron chi connectivity index (χ3n) is 9.02. The molecule has 0 spiro atoms. The average molecular weight is 1530 g/mol. The number of allylic oxidation sites excluding steroid dienone is 7. The Balaban J connectivity index is -0.000000198. The van der Waals surface area contributed by atoms with Crippen molar-refractivity contribution in [3.63, 3.8) is 0 Å². The number of hydrogen-bond donors (Lipinski definition) is 0. The van der Waals surface area contributed by atoms with Crippen LogP contribution in [0.2, 0.25) is 0 Å². The van der Waals surface area contributed by atoms with E-state index < -0.39 is 175 Å². The lowest BCUT2D eigenvalue weighted by molar-refractivity contribution is -0.419. The Morgan fingerprint density at radius 3 is 0.865 bits per heavy atom. The predicted molar refractivity (Wildman–Crippen MR) is 233 cm³/mol. The first-order chi connectivity index (χ1) is 42.1. The number of Topliss-reactive ketones (excluding diaryl/α,β-unsaturated/α-hetero) is 1. The highest BCUT2D eigenvalue weighted by Crippen LogP contribution is 2.59. The third kappa shape index (κ3) is 33.0. The summed E-state index contributed by atoms with van der Waals surface area (Å²) in [5, 5.41) is 0. The van der Waals surface area contributed by atoms with Crippen molar-refractivity contribution in [2.75, 3.05) is 7.11 Å². The third-order valence-corrected chi connectivity index (χ3v) is 9.02. The molecular formula is C45H38F44O7. The lowest BCUT2D eigenvalue weighted by atomic mass is 9.97. The molecule has 0 rings (SSSR count). The van der Waals surface area contributed by atoms with Crippen LogP contribution in [0.3, 0.4) is 0 Å². The smallest absolute Gasteiger partial charge is 0.460 e. The maximum Gasteiger partial charge on any atom is 0.460 e. The minimum absolute atomic E-state index is 0.155. The van der Waals surface area contributed by atoms with Crippen LogP contribution in [0.1, 0.15) is 67.2 Å². The van der Waals surface area contributed by atoms with Gasteiger partial charge in [-0.1, -0.05) is 37.5 Å². The summed E-state index contributed by atoms with van der Waals surface area (Å²) in [6.07, 6.45) is -50.9. The molecule has 0 aliphatic carbocycles. The van der Waals surface area contributed by atoms with Gasteiger partial charge in [-0.15, -0.1) is 0 Å². The van der Waals surface area contributed by atoms with Gasteiger partial charge in [0.2, 0.25) is 23.3 Å². The number of halogens is 44. The van der Waals surface area contributed by atoms with Crippen LogP contribution in [0.5, 0.6) is 0 Å². The molecule has 0 aromatic carbocycles. The minimum Gasteiger partial charge on any atom is -0.464 e. The van der Waals surface area contributed by atoms with E-state index in [1.165, 1.54) is 31.3 Å². The fourth-order valence-electron chi connectivity index (χ4n) is 3.75. The molecule has 0 N–H and O–H groups in total. The SMILES string of the molecule is C/C=C(/C)CCCCC.C/C=C(\C)C(C)=O.COC(=O)/C(F)=C/F.F/C(=C/C(F)(F)F)C(F)(F)C(F)(F)C(F)(F)C(F)(F)F.F/C=C(/F)C(F)(F)C(F)(F)C(F)(F)C(F)(F)C(F)(F)F.O=C(OC(C(F)(F)F)C(F)(F)F)/C(F)=C/F.O=C(OC(C(F)(F)F)C(F)(F)F)/C(F)=C\F. The second-order valence-corrected chi connectivity index (χ2v) is 16.2. The largest absolute Gasteiger partial charge is 0.464 e. The standard InChI is InChI=1S/C9H18.2C7HF13.2C6H2F8O2.C6H10O.C4H4F2O2/c1-4-6-7-8-9(3)5-2;8-1-2(9)3(10,11)4(12,13)5(14,15)6(16,17)7(18,19)20;8-2(1-3(9,10)11)4(12,13)5(14,15)6(16,17)7(18,19)20;2*7-1-2(8)3(15)16-4(5(9,10)11)6(12,13)14;1-4-5(2)6(3)7;1-8-4(7)3(6)2-5/h5H,4,6-8H2,1-3H3;2*1H;2*1,4H;4H,1-3H3;2H,1H3/b9-5-;3*2-1+;2-1-;5-4+;3-2-. The number of unbranched alkanes of at least 4 members (excludes halogenated alkanes) is 2. The van der Waals surface area contributed by atoms with E-state index in [0.29, 0.717) is 0 Å². The van der Waals surface area contributed by atoms with Gasteiger partial charge < -0.3 is 14.2 Å². The molecule has 568 valence electrons. The zero-order valence-corrected chi connectivity index (χ0v) is 47.0. The molecule has 0 fully saturated rings. The molecule has 51 heteroatoms. The summed E-state index contributed by atoms with van der Waals surface area (Å²) in [7, 11) is 0.964. The van der Waals surface area contributed by atoms with Gasteiger partial charge in [-0.2, -0.15) is 167 Å². The number of alkyl halides is 35. The van der Waals surface area contributed by atoms with Crippen molar-refractivity contribution in [2.24, 2.45) is 0 Å². The van der Waals surface area contributed by atoms with E-state index in [1.807, 2.05) is 19.9 Å². The number of ketones is 1. The van der Waals surface area contributed by atoms with E-state index in [0.717, 1.165) is 12.7 Å². The second kappa shape index (κ2) is 39.5. The van der Waals surface area contributed by atoms with Crippen LogP contribution in [0.15, 0.2) is 83.8 Å². The zero-order chi connectivity index (χ0) is 79.4. The monoisotopic (exact) mass is 1530 g/mol. The molecule has 0 saturated heterocycles. The van der Waals surface area contributed by atoms with Crippen LogP contribution in [0.4, 0.5) is 193 Å². The second-order valence-electron chi connectivity index (χ2n) is 16.2. The van der Waals surface area contributed by atoms with Crippen LogP contribution < -0.4 is 0 Å². The first-order valence-electron chi connectivity index (χ1n) is 22.7. The van der Waals surface area contributed by atoms with Crippen LogP contribution in [-0.4, -0.2) is 128 Å². The van der Waals surface area contributed by atoms with Gasteiger partial charge in [0.15, 0.2) is 11.6 Å². The van der Waals surface area contributed by atoms with E-state index in [9.17, 15) is 212 Å². The van der Waals surface area contributed by atoms with E-state index in [4.69, 9.17) is 0 Å². The summed E-state index contributed by atoms with van der Waals surface area (Å²) < 4.78 is 531. The molecular weight excluding hydrogens is 1490 g/mol. The van der Waals surface area contributed by atoms with Crippen molar-refractivity contribution < 1.29 is 227 Å². The van der Waals surface area contributed by atoms with Crippen LogP contribution in [-0.2, 0) is 33.4 Å². The highest BCUT2D eigenvalue weighted by molar-refractivity contribution is 5.92. The van der Waals surface area contributed by atoms with Crippen molar-refractivity contribution >= 4 is 23.7 Å².